The summed E-state index contributed by atoms with van der Waals surface area (Å²) in [6.45, 7) is -0.146. The number of fused-ring (bicyclic) bond motifs is 1. The molecular formula is C32H31NO7. The van der Waals surface area contributed by atoms with Gasteiger partial charge in [0, 0.05) is 35.5 Å². The van der Waals surface area contributed by atoms with Gasteiger partial charge in [0.25, 0.3) is 0 Å². The number of aromatic nitrogens is 1. The largest absolute Gasteiger partial charge is 0.486 e. The number of nitrogens with zero attached hydrogens (tertiary/aromatic N) is 1. The molecule has 0 spiro atoms. The van der Waals surface area contributed by atoms with Crippen molar-refractivity contribution in [1.29, 1.82) is 0 Å². The standard InChI is InChI=1S/C32H31NO7/c1-38-31(36)11-7-6-10-30(35)28-20-33(29-17-14-24(18-27(28)29)32(37)39-2)19-25(34)21-40-26-15-12-23(13-16-26)22-8-4-3-5-9-22/h3-5,8-9,12-18,20H,6-7,10-11,19,21H2,1-2H3. The predicted molar refractivity (Wildman–Crippen MR) is 150 cm³/mol. The topological polar surface area (TPSA) is 101 Å². The minimum atomic E-state index is -0.520. The Hall–Kier alpha value is -4.72. The third-order valence-electron chi connectivity index (χ3n) is 6.57. The van der Waals surface area contributed by atoms with Crippen molar-refractivity contribution in [2.75, 3.05) is 20.8 Å². The Kier molecular flexibility index (Phi) is 9.46. The molecule has 0 unspecified atom stereocenters. The highest BCUT2D eigenvalue weighted by Crippen LogP contribution is 2.26. The number of methoxy groups -OCH3 is 2. The third kappa shape index (κ3) is 7.02. The summed E-state index contributed by atoms with van der Waals surface area (Å²) in [6, 6.07) is 22.4. The zero-order valence-corrected chi connectivity index (χ0v) is 22.6. The highest BCUT2D eigenvalue weighted by Gasteiger charge is 2.19. The van der Waals surface area contributed by atoms with E-state index < -0.39 is 5.97 Å². The van der Waals surface area contributed by atoms with Gasteiger partial charge >= 0.3 is 11.9 Å². The number of hydrogen-bond donors (Lipinski definition) is 0. The van der Waals surface area contributed by atoms with Gasteiger partial charge in [0.05, 0.1) is 26.3 Å². The summed E-state index contributed by atoms with van der Waals surface area (Å²) in [5.74, 6) is -0.583. The molecule has 4 rings (SSSR count). The molecule has 0 fully saturated rings. The summed E-state index contributed by atoms with van der Waals surface area (Å²) in [5.41, 5.74) is 3.50. The lowest BCUT2D eigenvalue weighted by molar-refractivity contribution is -0.140. The first-order valence-electron chi connectivity index (χ1n) is 13.0. The zero-order chi connectivity index (χ0) is 28.5. The van der Waals surface area contributed by atoms with Crippen molar-refractivity contribution in [3.05, 3.63) is 90.1 Å². The van der Waals surface area contributed by atoms with E-state index in [9.17, 15) is 19.2 Å². The second kappa shape index (κ2) is 13.4. The van der Waals surface area contributed by atoms with E-state index in [0.29, 0.717) is 40.6 Å². The van der Waals surface area contributed by atoms with Crippen LogP contribution in [0, 0.1) is 0 Å². The number of benzene rings is 3. The van der Waals surface area contributed by atoms with E-state index in [0.717, 1.165) is 11.1 Å². The fourth-order valence-electron chi connectivity index (χ4n) is 4.46. The molecule has 4 aromatic rings. The smallest absolute Gasteiger partial charge is 0.337 e. The summed E-state index contributed by atoms with van der Waals surface area (Å²) in [5, 5.41) is 0.561. The molecule has 0 saturated carbocycles. The maximum absolute atomic E-state index is 13.1. The summed E-state index contributed by atoms with van der Waals surface area (Å²) in [7, 11) is 2.62. The molecule has 0 aliphatic carbocycles. The summed E-state index contributed by atoms with van der Waals surface area (Å²) in [4.78, 5) is 49.5. The molecule has 3 aromatic carbocycles. The molecule has 0 aliphatic rings. The lowest BCUT2D eigenvalue weighted by Gasteiger charge is -2.09. The monoisotopic (exact) mass is 541 g/mol. The number of esters is 2. The van der Waals surface area contributed by atoms with Crippen LogP contribution in [-0.4, -0.2) is 48.9 Å². The van der Waals surface area contributed by atoms with Gasteiger partial charge < -0.3 is 18.8 Å². The highest BCUT2D eigenvalue weighted by atomic mass is 16.5. The lowest BCUT2D eigenvalue weighted by atomic mass is 10.0. The Bertz CT molecular complexity index is 1500. The van der Waals surface area contributed by atoms with Crippen molar-refractivity contribution in [3.8, 4) is 16.9 Å². The van der Waals surface area contributed by atoms with E-state index in [4.69, 9.17) is 9.47 Å². The molecule has 8 heteroatoms. The number of rotatable bonds is 13. The van der Waals surface area contributed by atoms with E-state index in [2.05, 4.69) is 4.74 Å². The van der Waals surface area contributed by atoms with Gasteiger partial charge in [-0.1, -0.05) is 42.5 Å². The second-order valence-electron chi connectivity index (χ2n) is 9.32. The number of carbonyl (C=O) groups is 4. The van der Waals surface area contributed by atoms with Gasteiger partial charge in [-0.3, -0.25) is 14.4 Å². The Morgan fingerprint density at radius 3 is 2.17 bits per heavy atom. The molecule has 0 bridgehead atoms. The summed E-state index contributed by atoms with van der Waals surface area (Å²) in [6.07, 6.45) is 3.12. The fraction of sp³-hybridized carbons (Fsp3) is 0.250. The molecule has 0 radical (unpaired) electrons. The van der Waals surface area contributed by atoms with Crippen molar-refractivity contribution in [3.63, 3.8) is 0 Å². The number of hydrogen-bond acceptors (Lipinski definition) is 7. The van der Waals surface area contributed by atoms with Crippen molar-refractivity contribution >= 4 is 34.4 Å². The molecule has 1 aromatic heterocycles. The normalized spacial score (nSPS) is 10.8. The van der Waals surface area contributed by atoms with Gasteiger partial charge in [-0.05, 0) is 54.3 Å². The Morgan fingerprint density at radius 2 is 1.48 bits per heavy atom. The van der Waals surface area contributed by atoms with Crippen LogP contribution in [0.25, 0.3) is 22.0 Å². The predicted octanol–water partition coefficient (Wildman–Crippen LogP) is 5.66. The molecule has 0 N–H and O–H groups in total. The number of ketones is 2. The van der Waals surface area contributed by atoms with Crippen LogP contribution in [0.5, 0.6) is 5.75 Å². The minimum absolute atomic E-state index is 0.00814. The number of unbranched alkanes of at least 4 members (excludes halogenated alkanes) is 1. The van der Waals surface area contributed by atoms with E-state index in [1.165, 1.54) is 14.2 Å². The zero-order valence-electron chi connectivity index (χ0n) is 22.6. The Balaban J connectivity index is 1.46. The molecular weight excluding hydrogens is 510 g/mol. The molecule has 40 heavy (non-hydrogen) atoms. The molecule has 0 saturated heterocycles. The van der Waals surface area contributed by atoms with Crippen LogP contribution in [0.4, 0.5) is 0 Å². The third-order valence-corrected chi connectivity index (χ3v) is 6.57. The van der Waals surface area contributed by atoms with Crippen LogP contribution >= 0.6 is 0 Å². The maximum Gasteiger partial charge on any atom is 0.337 e. The van der Waals surface area contributed by atoms with Crippen LogP contribution in [0.2, 0.25) is 0 Å². The summed E-state index contributed by atoms with van der Waals surface area (Å²) < 4.78 is 16.9. The maximum atomic E-state index is 13.1. The molecule has 1 heterocycles. The molecule has 0 aliphatic heterocycles. The first kappa shape index (κ1) is 28.3. The average molecular weight is 542 g/mol. The molecule has 0 amide bonds. The fourth-order valence-corrected chi connectivity index (χ4v) is 4.46. The molecule has 0 atom stereocenters. The van der Waals surface area contributed by atoms with Crippen LogP contribution in [0.3, 0.4) is 0 Å². The van der Waals surface area contributed by atoms with Gasteiger partial charge in [0.2, 0.25) is 0 Å². The van der Waals surface area contributed by atoms with Crippen molar-refractivity contribution in [2.45, 2.75) is 32.2 Å². The number of ether oxygens (including phenoxy) is 3. The Labute approximate surface area is 232 Å². The average Bonchev–Trinajstić information content (AvgIpc) is 3.35. The van der Waals surface area contributed by atoms with Gasteiger partial charge in [-0.15, -0.1) is 0 Å². The second-order valence-corrected chi connectivity index (χ2v) is 9.32. The van der Waals surface area contributed by atoms with Crippen LogP contribution in [-0.2, 0) is 25.6 Å². The first-order valence-corrected chi connectivity index (χ1v) is 13.0. The lowest BCUT2D eigenvalue weighted by Crippen LogP contribution is -2.17. The van der Waals surface area contributed by atoms with Crippen molar-refractivity contribution < 1.29 is 33.4 Å². The Morgan fingerprint density at radius 1 is 0.775 bits per heavy atom. The molecule has 206 valence electrons. The quantitative estimate of drug-likeness (QED) is 0.122. The van der Waals surface area contributed by atoms with Crippen molar-refractivity contribution in [1.82, 2.24) is 4.57 Å². The van der Waals surface area contributed by atoms with Crippen LogP contribution < -0.4 is 4.74 Å². The van der Waals surface area contributed by atoms with E-state index in [-0.39, 0.29) is 43.5 Å². The van der Waals surface area contributed by atoms with Crippen LogP contribution in [0.1, 0.15) is 46.4 Å². The van der Waals surface area contributed by atoms with Gasteiger partial charge in [0.15, 0.2) is 11.6 Å². The van der Waals surface area contributed by atoms with Crippen LogP contribution in [0.15, 0.2) is 79.0 Å². The van der Waals surface area contributed by atoms with E-state index >= 15 is 0 Å². The number of Topliss-reactive ketones (excluding diaryl/α,β-unsaturated/α-hetero) is 2. The van der Waals surface area contributed by atoms with Gasteiger partial charge in [-0.2, -0.15) is 0 Å². The molecule has 8 nitrogen and oxygen atoms in total. The number of carbonyl (C=O) groups excluding carboxylic acids is 4. The summed E-state index contributed by atoms with van der Waals surface area (Å²) >= 11 is 0. The van der Waals surface area contributed by atoms with Crippen molar-refractivity contribution in [2.24, 2.45) is 0 Å². The van der Waals surface area contributed by atoms with Gasteiger partial charge in [0.1, 0.15) is 12.4 Å². The first-order chi connectivity index (χ1) is 19.4. The highest BCUT2D eigenvalue weighted by molar-refractivity contribution is 6.09. The minimum Gasteiger partial charge on any atom is -0.486 e. The van der Waals surface area contributed by atoms with Gasteiger partial charge in [-0.25, -0.2) is 4.79 Å². The van der Waals surface area contributed by atoms with E-state index in [1.54, 1.807) is 29.0 Å². The SMILES string of the molecule is COC(=O)CCCCC(=O)c1cn(CC(=O)COc2ccc(-c3ccccc3)cc2)c2ccc(C(=O)OC)cc12. The van der Waals surface area contributed by atoms with E-state index in [1.807, 2.05) is 54.6 Å².